The first-order valence-corrected chi connectivity index (χ1v) is 8.12. The molecule has 3 aliphatic rings. The number of rotatable bonds is 2. The van der Waals surface area contributed by atoms with Crippen molar-refractivity contribution in [3.63, 3.8) is 0 Å². The van der Waals surface area contributed by atoms with Crippen LogP contribution in [0.15, 0.2) is 36.5 Å². The summed E-state index contributed by atoms with van der Waals surface area (Å²) in [5, 5.41) is 4.30. The van der Waals surface area contributed by atoms with Crippen LogP contribution in [0.1, 0.15) is 23.2 Å². The van der Waals surface area contributed by atoms with Crippen LogP contribution in [0.2, 0.25) is 0 Å². The van der Waals surface area contributed by atoms with Gasteiger partial charge in [0, 0.05) is 30.0 Å². The Morgan fingerprint density at radius 3 is 2.78 bits per heavy atom. The van der Waals surface area contributed by atoms with E-state index in [-0.39, 0.29) is 29.9 Å². The van der Waals surface area contributed by atoms with Gasteiger partial charge in [-0.1, -0.05) is 6.07 Å². The highest BCUT2D eigenvalue weighted by Crippen LogP contribution is 2.32. The molecule has 0 radical (unpaired) electrons. The predicted octanol–water partition coefficient (Wildman–Crippen LogP) is -0.793. The third-order valence-corrected chi connectivity index (χ3v) is 5.47. The molecule has 0 aliphatic carbocycles. The minimum absolute atomic E-state index is 0. The van der Waals surface area contributed by atoms with E-state index in [1.165, 1.54) is 25.9 Å². The van der Waals surface area contributed by atoms with Crippen LogP contribution >= 0.6 is 0 Å². The fraction of sp³-hybridized carbons (Fsp3) is 0.444. The average Bonchev–Trinajstić information content (AvgIpc) is 2.54. The lowest BCUT2D eigenvalue weighted by Gasteiger charge is -2.50. The number of aromatic nitrogens is 1. The zero-order valence-electron chi connectivity index (χ0n) is 13.3. The molecule has 1 N–H and O–H groups in total. The zero-order valence-corrected chi connectivity index (χ0v) is 15.5. The Labute approximate surface area is 153 Å². The van der Waals surface area contributed by atoms with E-state index in [1.54, 1.807) is 6.20 Å². The number of carbonyl (C=O) groups is 1. The molecule has 0 saturated carbocycles. The Balaban J connectivity index is 0.00000156. The second kappa shape index (κ2) is 6.36. The summed E-state index contributed by atoms with van der Waals surface area (Å²) >= 11 is 0. The van der Waals surface area contributed by atoms with Crippen molar-refractivity contribution in [2.24, 2.45) is 5.92 Å². The molecule has 4 heterocycles. The second-order valence-electron chi connectivity index (χ2n) is 7.08. The van der Waals surface area contributed by atoms with Gasteiger partial charge in [0.25, 0.3) is 5.91 Å². The minimum atomic E-state index is 0. The highest BCUT2D eigenvalue weighted by atomic mass is 127. The van der Waals surface area contributed by atoms with Crippen molar-refractivity contribution in [1.82, 2.24) is 10.3 Å². The number of nitrogens with zero attached hydrogens (tertiary/aromatic N) is 2. The minimum Gasteiger partial charge on any atom is -1.00 e. The van der Waals surface area contributed by atoms with Crippen molar-refractivity contribution in [2.45, 2.75) is 18.9 Å². The van der Waals surface area contributed by atoms with Crippen LogP contribution in [-0.4, -0.2) is 48.1 Å². The molecule has 122 valence electrons. The number of piperidine rings is 3. The van der Waals surface area contributed by atoms with E-state index in [9.17, 15) is 4.79 Å². The smallest absolute Gasteiger partial charge is 0.251 e. The van der Waals surface area contributed by atoms with E-state index in [0.29, 0.717) is 12.0 Å². The molecule has 1 unspecified atom stereocenters. The van der Waals surface area contributed by atoms with Crippen LogP contribution in [-0.2, 0) is 0 Å². The normalized spacial score (nSPS) is 29.1. The number of benzene rings is 1. The third-order valence-electron chi connectivity index (χ3n) is 5.47. The van der Waals surface area contributed by atoms with Crippen molar-refractivity contribution in [2.75, 3.05) is 26.7 Å². The number of carbonyl (C=O) groups excluding carboxylic acids is 1. The van der Waals surface area contributed by atoms with Crippen molar-refractivity contribution in [3.8, 4) is 0 Å². The van der Waals surface area contributed by atoms with Crippen molar-refractivity contribution >= 4 is 16.8 Å². The van der Waals surface area contributed by atoms with Crippen LogP contribution in [0.3, 0.4) is 0 Å². The molecule has 5 heteroatoms. The fourth-order valence-corrected chi connectivity index (χ4v) is 4.05. The summed E-state index contributed by atoms with van der Waals surface area (Å²) < 4.78 is 1.11. The summed E-state index contributed by atoms with van der Waals surface area (Å²) in [7, 11) is 2.32. The Morgan fingerprint density at radius 2 is 2.04 bits per heavy atom. The quantitative estimate of drug-likeness (QED) is 0.508. The number of amides is 1. The van der Waals surface area contributed by atoms with E-state index in [1.807, 2.05) is 30.3 Å². The lowest BCUT2D eigenvalue weighted by molar-refractivity contribution is -0.925. The van der Waals surface area contributed by atoms with E-state index < -0.39 is 0 Å². The number of pyridine rings is 1. The number of fused-ring (bicyclic) bond motifs is 4. The Morgan fingerprint density at radius 1 is 1.26 bits per heavy atom. The maximum atomic E-state index is 12.6. The summed E-state index contributed by atoms with van der Waals surface area (Å²) in [6.07, 6.45) is 4.26. The van der Waals surface area contributed by atoms with Crippen molar-refractivity contribution in [1.29, 1.82) is 0 Å². The Kier molecular flexibility index (Phi) is 4.60. The summed E-state index contributed by atoms with van der Waals surface area (Å²) in [4.78, 5) is 16.9. The molecule has 1 atom stereocenters. The topological polar surface area (TPSA) is 42.0 Å². The molecule has 2 aromatic rings. The third kappa shape index (κ3) is 3.21. The molecular weight excluding hydrogens is 401 g/mol. The highest BCUT2D eigenvalue weighted by molar-refractivity contribution is 5.98. The fourth-order valence-electron chi connectivity index (χ4n) is 4.05. The first-order valence-electron chi connectivity index (χ1n) is 8.12. The van der Waals surface area contributed by atoms with Gasteiger partial charge in [0.15, 0.2) is 0 Å². The van der Waals surface area contributed by atoms with Gasteiger partial charge in [-0.25, -0.2) is 0 Å². The lowest BCUT2D eigenvalue weighted by atomic mass is 9.82. The molecule has 23 heavy (non-hydrogen) atoms. The maximum Gasteiger partial charge on any atom is 0.251 e. The lowest BCUT2D eigenvalue weighted by Crippen LogP contribution is -3.00. The molecule has 3 aliphatic heterocycles. The molecule has 0 spiro atoms. The highest BCUT2D eigenvalue weighted by Gasteiger charge is 2.43. The number of quaternary nitrogens is 1. The van der Waals surface area contributed by atoms with Gasteiger partial charge in [0.05, 0.1) is 38.2 Å². The molecule has 1 aromatic carbocycles. The van der Waals surface area contributed by atoms with Gasteiger partial charge in [0.2, 0.25) is 0 Å². The summed E-state index contributed by atoms with van der Waals surface area (Å²) in [6, 6.07) is 9.97. The summed E-state index contributed by atoms with van der Waals surface area (Å²) in [6.45, 7) is 3.60. The molecular formula is C18H22IN3O. The van der Waals surface area contributed by atoms with E-state index in [4.69, 9.17) is 0 Å². The molecule has 2 bridgehead atoms. The number of hydrogen-bond acceptors (Lipinski definition) is 2. The molecule has 3 fully saturated rings. The molecule has 1 aromatic heterocycles. The van der Waals surface area contributed by atoms with Crippen LogP contribution in [0, 0.1) is 5.92 Å². The Hall–Kier alpha value is -1.21. The van der Waals surface area contributed by atoms with Crippen LogP contribution in [0.5, 0.6) is 0 Å². The number of nitrogens with one attached hydrogen (secondary N) is 1. The Bertz CT molecular complexity index is 725. The number of halogens is 1. The van der Waals surface area contributed by atoms with Gasteiger partial charge in [-0.2, -0.15) is 0 Å². The van der Waals surface area contributed by atoms with Gasteiger partial charge in [-0.05, 0) is 30.2 Å². The van der Waals surface area contributed by atoms with Crippen molar-refractivity contribution < 1.29 is 33.3 Å². The van der Waals surface area contributed by atoms with E-state index in [0.717, 1.165) is 27.5 Å². The van der Waals surface area contributed by atoms with E-state index >= 15 is 0 Å². The maximum absolute atomic E-state index is 12.6. The molecule has 5 rings (SSSR count). The monoisotopic (exact) mass is 423 g/mol. The SMILES string of the molecule is C[N+]12CCC(CC1)C(NC(=O)c1ccc3ncccc3c1)C2.[I-]. The van der Waals surface area contributed by atoms with Crippen LogP contribution < -0.4 is 29.3 Å². The van der Waals surface area contributed by atoms with Gasteiger partial charge in [-0.3, -0.25) is 9.78 Å². The standard InChI is InChI=1S/C18H21N3O.HI/c1-21-9-6-13(7-10-21)17(12-21)20-18(22)15-4-5-16-14(11-15)3-2-8-19-16;/h2-5,8,11,13,17H,6-7,9-10,12H2,1H3;1H. The van der Waals surface area contributed by atoms with Gasteiger partial charge in [0.1, 0.15) is 0 Å². The molecule has 4 nitrogen and oxygen atoms in total. The first kappa shape index (κ1) is 16.6. The van der Waals surface area contributed by atoms with E-state index in [2.05, 4.69) is 17.3 Å². The second-order valence-corrected chi connectivity index (χ2v) is 7.08. The van der Waals surface area contributed by atoms with Gasteiger partial charge >= 0.3 is 0 Å². The molecule has 3 saturated heterocycles. The number of hydrogen-bond donors (Lipinski definition) is 1. The first-order chi connectivity index (χ1) is 10.6. The van der Waals surface area contributed by atoms with Crippen LogP contribution in [0.4, 0.5) is 0 Å². The summed E-state index contributed by atoms with van der Waals surface area (Å²) in [5.41, 5.74) is 1.67. The van der Waals surface area contributed by atoms with Gasteiger partial charge in [-0.15, -0.1) is 0 Å². The van der Waals surface area contributed by atoms with Crippen molar-refractivity contribution in [3.05, 3.63) is 42.1 Å². The van der Waals surface area contributed by atoms with Gasteiger partial charge < -0.3 is 33.8 Å². The summed E-state index contributed by atoms with van der Waals surface area (Å²) in [5.74, 6) is 0.710. The predicted molar refractivity (Wildman–Crippen MR) is 86.5 cm³/mol. The molecule has 1 amide bonds. The largest absolute Gasteiger partial charge is 1.00 e. The average molecular weight is 423 g/mol. The zero-order chi connectivity index (χ0) is 15.2. The number of likely N-dealkylation sites (N-methyl/N-ethyl adjacent to an activating group) is 1. The van der Waals surface area contributed by atoms with Crippen LogP contribution in [0.25, 0.3) is 10.9 Å².